The van der Waals surface area contributed by atoms with Crippen molar-refractivity contribution in [1.82, 2.24) is 4.90 Å². The molecule has 1 aliphatic heterocycles. The number of methoxy groups -OCH3 is 2. The summed E-state index contributed by atoms with van der Waals surface area (Å²) in [5, 5.41) is 0. The van der Waals surface area contributed by atoms with Crippen molar-refractivity contribution in [2.24, 2.45) is 5.92 Å². The third-order valence-electron chi connectivity index (χ3n) is 6.43. The SMILES string of the molecule is COc1ccc(C2C(C(=O)N(C)Cc3ccc(F)cc3)CCC(=O)N2c2ccc(OC)cc2)cc1. The van der Waals surface area contributed by atoms with Gasteiger partial charge in [0.05, 0.1) is 26.2 Å². The molecule has 0 spiro atoms. The van der Waals surface area contributed by atoms with Crippen LogP contribution in [0.2, 0.25) is 0 Å². The maximum atomic E-state index is 13.7. The molecule has 0 aromatic heterocycles. The molecule has 4 rings (SSSR count). The van der Waals surface area contributed by atoms with Gasteiger partial charge < -0.3 is 19.3 Å². The molecule has 3 aromatic carbocycles. The second kappa shape index (κ2) is 10.6. The molecule has 0 saturated carbocycles. The van der Waals surface area contributed by atoms with Crippen LogP contribution in [0.15, 0.2) is 72.8 Å². The number of carbonyl (C=O) groups excluding carboxylic acids is 2. The van der Waals surface area contributed by atoms with E-state index in [1.54, 1.807) is 55.3 Å². The molecular weight excluding hydrogens is 447 g/mol. The highest BCUT2D eigenvalue weighted by molar-refractivity contribution is 5.97. The van der Waals surface area contributed by atoms with Gasteiger partial charge in [0.2, 0.25) is 11.8 Å². The number of rotatable bonds is 7. The van der Waals surface area contributed by atoms with Crippen LogP contribution >= 0.6 is 0 Å². The van der Waals surface area contributed by atoms with E-state index < -0.39 is 12.0 Å². The first-order chi connectivity index (χ1) is 16.9. The van der Waals surface area contributed by atoms with Gasteiger partial charge in [-0.1, -0.05) is 24.3 Å². The molecule has 3 aromatic rings. The molecule has 0 bridgehead atoms. The Labute approximate surface area is 204 Å². The standard InChI is InChI=1S/C28H29FN2O4/c1-30(18-19-4-8-21(29)9-5-19)28(33)25-16-17-26(32)31(22-10-14-24(35-3)15-11-22)27(25)20-6-12-23(34-2)13-7-20/h4-15,25,27H,16-18H2,1-3H3. The van der Waals surface area contributed by atoms with Crippen molar-refractivity contribution < 1.29 is 23.5 Å². The van der Waals surface area contributed by atoms with Crippen LogP contribution < -0.4 is 14.4 Å². The highest BCUT2D eigenvalue weighted by Gasteiger charge is 2.42. The molecular formula is C28H29FN2O4. The van der Waals surface area contributed by atoms with Gasteiger partial charge in [-0.2, -0.15) is 0 Å². The summed E-state index contributed by atoms with van der Waals surface area (Å²) in [7, 11) is 4.93. The van der Waals surface area contributed by atoms with Crippen LogP contribution in [0.5, 0.6) is 11.5 Å². The molecule has 35 heavy (non-hydrogen) atoms. The van der Waals surface area contributed by atoms with Crippen molar-refractivity contribution in [3.8, 4) is 11.5 Å². The number of carbonyl (C=O) groups is 2. The number of piperidine rings is 1. The average molecular weight is 477 g/mol. The van der Waals surface area contributed by atoms with Crippen LogP contribution in [0, 0.1) is 11.7 Å². The summed E-state index contributed by atoms with van der Waals surface area (Å²) in [6.45, 7) is 0.349. The van der Waals surface area contributed by atoms with E-state index in [2.05, 4.69) is 0 Å². The van der Waals surface area contributed by atoms with Gasteiger partial charge in [-0.15, -0.1) is 0 Å². The fourth-order valence-corrected chi connectivity index (χ4v) is 4.61. The van der Waals surface area contributed by atoms with E-state index in [1.807, 2.05) is 36.4 Å². The van der Waals surface area contributed by atoms with Gasteiger partial charge in [0.1, 0.15) is 17.3 Å². The normalized spacial score (nSPS) is 17.7. The Morgan fingerprint density at radius 3 is 2.09 bits per heavy atom. The zero-order valence-corrected chi connectivity index (χ0v) is 20.1. The number of nitrogens with zero attached hydrogens (tertiary/aromatic N) is 2. The van der Waals surface area contributed by atoms with E-state index in [4.69, 9.17) is 9.47 Å². The predicted octanol–water partition coefficient (Wildman–Crippen LogP) is 4.99. The molecule has 1 heterocycles. The second-order valence-corrected chi connectivity index (χ2v) is 8.65. The molecule has 2 amide bonds. The Morgan fingerprint density at radius 2 is 1.51 bits per heavy atom. The molecule has 0 N–H and O–H groups in total. The zero-order chi connectivity index (χ0) is 24.9. The minimum Gasteiger partial charge on any atom is -0.497 e. The largest absolute Gasteiger partial charge is 0.497 e. The lowest BCUT2D eigenvalue weighted by Gasteiger charge is -2.42. The second-order valence-electron chi connectivity index (χ2n) is 8.65. The number of anilines is 1. The van der Waals surface area contributed by atoms with Gasteiger partial charge in [0, 0.05) is 25.7 Å². The first kappa shape index (κ1) is 24.3. The Bertz CT molecular complexity index is 1160. The Hall–Kier alpha value is -3.87. The van der Waals surface area contributed by atoms with Crippen molar-refractivity contribution in [2.45, 2.75) is 25.4 Å². The van der Waals surface area contributed by atoms with Gasteiger partial charge in [-0.3, -0.25) is 9.59 Å². The third-order valence-corrected chi connectivity index (χ3v) is 6.43. The topological polar surface area (TPSA) is 59.1 Å². The monoisotopic (exact) mass is 476 g/mol. The highest BCUT2D eigenvalue weighted by atomic mass is 19.1. The van der Waals surface area contributed by atoms with Gasteiger partial charge in [-0.25, -0.2) is 4.39 Å². The molecule has 7 heteroatoms. The van der Waals surface area contributed by atoms with Crippen molar-refractivity contribution in [3.05, 3.63) is 89.7 Å². The molecule has 0 radical (unpaired) electrons. The van der Waals surface area contributed by atoms with E-state index in [1.165, 1.54) is 12.1 Å². The summed E-state index contributed by atoms with van der Waals surface area (Å²) in [6.07, 6.45) is 0.703. The molecule has 1 saturated heterocycles. The predicted molar refractivity (Wildman–Crippen MR) is 132 cm³/mol. The lowest BCUT2D eigenvalue weighted by Crippen LogP contribution is -2.48. The maximum absolute atomic E-state index is 13.7. The van der Waals surface area contributed by atoms with E-state index in [0.29, 0.717) is 30.2 Å². The van der Waals surface area contributed by atoms with Crippen molar-refractivity contribution >= 4 is 17.5 Å². The minimum atomic E-state index is -0.487. The average Bonchev–Trinajstić information content (AvgIpc) is 2.89. The molecule has 6 nitrogen and oxygen atoms in total. The summed E-state index contributed by atoms with van der Waals surface area (Å²) < 4.78 is 23.9. The molecule has 2 unspecified atom stereocenters. The quantitative estimate of drug-likeness (QED) is 0.482. The van der Waals surface area contributed by atoms with Crippen LogP contribution in [0.4, 0.5) is 10.1 Å². The van der Waals surface area contributed by atoms with Crippen LogP contribution in [0.1, 0.15) is 30.0 Å². The van der Waals surface area contributed by atoms with E-state index in [-0.39, 0.29) is 24.1 Å². The maximum Gasteiger partial charge on any atom is 0.228 e. The van der Waals surface area contributed by atoms with Crippen LogP contribution in [-0.2, 0) is 16.1 Å². The first-order valence-corrected chi connectivity index (χ1v) is 11.5. The van der Waals surface area contributed by atoms with Gasteiger partial charge in [0.15, 0.2) is 0 Å². The van der Waals surface area contributed by atoms with Crippen molar-refractivity contribution in [3.63, 3.8) is 0 Å². The summed E-state index contributed by atoms with van der Waals surface area (Å²) in [5.41, 5.74) is 2.39. The fraction of sp³-hybridized carbons (Fsp3) is 0.286. The van der Waals surface area contributed by atoms with E-state index in [9.17, 15) is 14.0 Å². The summed E-state index contributed by atoms with van der Waals surface area (Å²) in [4.78, 5) is 30.3. The molecule has 2 atom stereocenters. The fourth-order valence-electron chi connectivity index (χ4n) is 4.61. The summed E-state index contributed by atoms with van der Waals surface area (Å²) in [6, 6.07) is 20.4. The summed E-state index contributed by atoms with van der Waals surface area (Å²) in [5.74, 6) is 0.508. The molecule has 0 aliphatic carbocycles. The summed E-state index contributed by atoms with van der Waals surface area (Å²) >= 11 is 0. The number of halogens is 1. The Kier molecular flexibility index (Phi) is 7.34. The van der Waals surface area contributed by atoms with Crippen molar-refractivity contribution in [1.29, 1.82) is 0 Å². The van der Waals surface area contributed by atoms with Crippen LogP contribution in [0.3, 0.4) is 0 Å². The van der Waals surface area contributed by atoms with Gasteiger partial charge >= 0.3 is 0 Å². The van der Waals surface area contributed by atoms with Crippen molar-refractivity contribution in [2.75, 3.05) is 26.2 Å². The molecule has 182 valence electrons. The smallest absolute Gasteiger partial charge is 0.228 e. The molecule has 1 aliphatic rings. The third kappa shape index (κ3) is 5.29. The lowest BCUT2D eigenvalue weighted by atomic mass is 9.82. The number of ether oxygens (including phenoxy) is 2. The first-order valence-electron chi connectivity index (χ1n) is 11.5. The van der Waals surface area contributed by atoms with Crippen LogP contribution in [-0.4, -0.2) is 38.0 Å². The van der Waals surface area contributed by atoms with E-state index in [0.717, 1.165) is 11.1 Å². The van der Waals surface area contributed by atoms with Crippen LogP contribution in [0.25, 0.3) is 0 Å². The minimum absolute atomic E-state index is 0.0405. The van der Waals surface area contributed by atoms with E-state index >= 15 is 0 Å². The lowest BCUT2D eigenvalue weighted by molar-refractivity contribution is -0.137. The van der Waals surface area contributed by atoms with Gasteiger partial charge in [-0.05, 0) is 66.1 Å². The number of hydrogen-bond acceptors (Lipinski definition) is 4. The Morgan fingerprint density at radius 1 is 0.943 bits per heavy atom. The number of hydrogen-bond donors (Lipinski definition) is 0. The highest BCUT2D eigenvalue weighted by Crippen LogP contribution is 2.41. The molecule has 1 fully saturated rings. The number of amides is 2. The number of benzene rings is 3. The Balaban J connectivity index is 1.69. The zero-order valence-electron chi connectivity index (χ0n) is 20.1. The van der Waals surface area contributed by atoms with Gasteiger partial charge in [0.25, 0.3) is 0 Å².